The summed E-state index contributed by atoms with van der Waals surface area (Å²) in [7, 11) is 1.63. The second kappa shape index (κ2) is 5.15. The first-order valence-corrected chi connectivity index (χ1v) is 5.69. The Morgan fingerprint density at radius 2 is 2.12 bits per heavy atom. The van der Waals surface area contributed by atoms with E-state index in [1.165, 1.54) is 0 Å². The number of methoxy groups -OCH3 is 1. The molecule has 0 bridgehead atoms. The number of rotatable bonds is 4. The second-order valence-corrected chi connectivity index (χ2v) is 4.15. The van der Waals surface area contributed by atoms with Crippen LogP contribution in [0.1, 0.15) is 11.5 Å². The van der Waals surface area contributed by atoms with E-state index in [2.05, 4.69) is 5.32 Å². The van der Waals surface area contributed by atoms with Crippen molar-refractivity contribution in [1.29, 1.82) is 0 Å². The smallest absolute Gasteiger partial charge is 0.142 e. The molecule has 2 rings (SSSR count). The van der Waals surface area contributed by atoms with Crippen molar-refractivity contribution in [3.63, 3.8) is 0 Å². The zero-order valence-corrected chi connectivity index (χ0v) is 10.5. The largest absolute Gasteiger partial charge is 0.495 e. The molecule has 1 aromatic carbocycles. The Balaban J connectivity index is 2.10. The molecule has 0 atom stereocenters. The number of hydrogen-bond donors (Lipinski definition) is 1. The fraction of sp³-hybridized carbons (Fsp3) is 0.231. The molecular weight excluding hydrogens is 238 g/mol. The minimum absolute atomic E-state index is 0.602. The fourth-order valence-electron chi connectivity index (χ4n) is 1.58. The molecule has 1 heterocycles. The van der Waals surface area contributed by atoms with Crippen molar-refractivity contribution in [3.8, 4) is 5.75 Å². The van der Waals surface area contributed by atoms with Crippen molar-refractivity contribution < 1.29 is 9.15 Å². The second-order valence-electron chi connectivity index (χ2n) is 3.71. The Bertz CT molecular complexity index is 508. The molecule has 3 nitrogen and oxygen atoms in total. The third-order valence-electron chi connectivity index (χ3n) is 2.41. The highest BCUT2D eigenvalue weighted by Crippen LogP contribution is 2.28. The summed E-state index contributed by atoms with van der Waals surface area (Å²) >= 11 is 5.94. The van der Waals surface area contributed by atoms with Crippen LogP contribution in [0.15, 0.2) is 34.7 Å². The number of hydrogen-bond acceptors (Lipinski definition) is 3. The highest BCUT2D eigenvalue weighted by atomic mass is 35.5. The number of nitrogens with one attached hydrogen (secondary N) is 1. The quantitative estimate of drug-likeness (QED) is 0.896. The molecule has 0 aliphatic carbocycles. The van der Waals surface area contributed by atoms with Gasteiger partial charge in [0.25, 0.3) is 0 Å². The van der Waals surface area contributed by atoms with Crippen molar-refractivity contribution in [3.05, 3.63) is 46.9 Å². The summed E-state index contributed by atoms with van der Waals surface area (Å²) in [6.45, 7) is 2.52. The molecule has 0 fully saturated rings. The van der Waals surface area contributed by atoms with Gasteiger partial charge in [-0.1, -0.05) is 11.6 Å². The van der Waals surface area contributed by atoms with E-state index in [-0.39, 0.29) is 0 Å². The highest BCUT2D eigenvalue weighted by Gasteiger charge is 2.04. The van der Waals surface area contributed by atoms with Crippen molar-refractivity contribution in [2.24, 2.45) is 0 Å². The zero-order chi connectivity index (χ0) is 12.3. The Morgan fingerprint density at radius 1 is 1.29 bits per heavy atom. The van der Waals surface area contributed by atoms with Crippen molar-refractivity contribution in [1.82, 2.24) is 0 Å². The van der Waals surface area contributed by atoms with Crippen molar-refractivity contribution in [2.45, 2.75) is 13.5 Å². The summed E-state index contributed by atoms with van der Waals surface area (Å²) in [5.41, 5.74) is 0.856. The standard InChI is InChI=1S/C13H14ClNO2/c1-9-3-5-11(17-9)8-15-12-7-10(14)4-6-13(12)16-2/h3-7,15H,8H2,1-2H3. The third-order valence-corrected chi connectivity index (χ3v) is 2.65. The minimum atomic E-state index is 0.602. The molecule has 2 aromatic rings. The zero-order valence-electron chi connectivity index (χ0n) is 9.79. The van der Waals surface area contributed by atoms with Crippen LogP contribution in [0.25, 0.3) is 0 Å². The average Bonchev–Trinajstić information content (AvgIpc) is 2.73. The van der Waals surface area contributed by atoms with Gasteiger partial charge in [0, 0.05) is 5.02 Å². The van der Waals surface area contributed by atoms with Crippen LogP contribution in [-0.2, 0) is 6.54 Å². The molecule has 0 spiro atoms. The summed E-state index contributed by atoms with van der Waals surface area (Å²) in [6.07, 6.45) is 0. The predicted octanol–water partition coefficient (Wildman–Crippen LogP) is 3.86. The predicted molar refractivity (Wildman–Crippen MR) is 68.8 cm³/mol. The first kappa shape index (κ1) is 11.9. The summed E-state index contributed by atoms with van der Waals surface area (Å²) < 4.78 is 10.7. The van der Waals surface area contributed by atoms with E-state index in [9.17, 15) is 0 Å². The van der Waals surface area contributed by atoms with Crippen LogP contribution in [0.3, 0.4) is 0 Å². The van der Waals surface area contributed by atoms with Gasteiger partial charge in [-0.3, -0.25) is 0 Å². The molecule has 0 aliphatic rings. The molecule has 0 aliphatic heterocycles. The minimum Gasteiger partial charge on any atom is -0.495 e. The molecular formula is C13H14ClNO2. The maximum absolute atomic E-state index is 5.94. The Labute approximate surface area is 105 Å². The molecule has 17 heavy (non-hydrogen) atoms. The first-order valence-electron chi connectivity index (χ1n) is 5.32. The Morgan fingerprint density at radius 3 is 2.76 bits per heavy atom. The molecule has 4 heteroatoms. The lowest BCUT2D eigenvalue weighted by molar-refractivity contribution is 0.416. The van der Waals surface area contributed by atoms with Gasteiger partial charge in [0.1, 0.15) is 17.3 Å². The molecule has 1 N–H and O–H groups in total. The lowest BCUT2D eigenvalue weighted by Gasteiger charge is -2.10. The van der Waals surface area contributed by atoms with E-state index in [4.69, 9.17) is 20.8 Å². The van der Waals surface area contributed by atoms with E-state index < -0.39 is 0 Å². The van der Waals surface area contributed by atoms with Crippen LogP contribution in [0.2, 0.25) is 5.02 Å². The van der Waals surface area contributed by atoms with Gasteiger partial charge in [0.2, 0.25) is 0 Å². The normalized spacial score (nSPS) is 10.3. The van der Waals surface area contributed by atoms with Crippen LogP contribution >= 0.6 is 11.6 Å². The monoisotopic (exact) mass is 251 g/mol. The van der Waals surface area contributed by atoms with E-state index in [0.29, 0.717) is 11.6 Å². The van der Waals surface area contributed by atoms with Crippen LogP contribution in [0, 0.1) is 6.92 Å². The highest BCUT2D eigenvalue weighted by molar-refractivity contribution is 6.30. The summed E-state index contributed by atoms with van der Waals surface area (Å²) in [5.74, 6) is 2.54. The van der Waals surface area contributed by atoms with Gasteiger partial charge in [-0.05, 0) is 37.3 Å². The van der Waals surface area contributed by atoms with Gasteiger partial charge < -0.3 is 14.5 Å². The maximum atomic E-state index is 5.94. The van der Waals surface area contributed by atoms with E-state index in [1.54, 1.807) is 13.2 Å². The fourth-order valence-corrected chi connectivity index (χ4v) is 1.75. The van der Waals surface area contributed by atoms with Crippen LogP contribution in [0.5, 0.6) is 5.75 Å². The van der Waals surface area contributed by atoms with Gasteiger partial charge in [-0.25, -0.2) is 0 Å². The molecule has 0 unspecified atom stereocenters. The van der Waals surface area contributed by atoms with E-state index in [1.807, 2.05) is 31.2 Å². The molecule has 1 aromatic heterocycles. The van der Waals surface area contributed by atoms with Crippen LogP contribution in [0.4, 0.5) is 5.69 Å². The van der Waals surface area contributed by atoms with Crippen LogP contribution in [-0.4, -0.2) is 7.11 Å². The van der Waals surface area contributed by atoms with Gasteiger partial charge in [-0.15, -0.1) is 0 Å². The average molecular weight is 252 g/mol. The Kier molecular flexibility index (Phi) is 3.59. The number of aryl methyl sites for hydroxylation is 1. The lowest BCUT2D eigenvalue weighted by Crippen LogP contribution is -2.00. The number of anilines is 1. The maximum Gasteiger partial charge on any atom is 0.142 e. The van der Waals surface area contributed by atoms with Crippen molar-refractivity contribution >= 4 is 17.3 Å². The summed E-state index contributed by atoms with van der Waals surface area (Å²) in [4.78, 5) is 0. The lowest BCUT2D eigenvalue weighted by atomic mass is 10.3. The molecule has 90 valence electrons. The van der Waals surface area contributed by atoms with Gasteiger partial charge >= 0.3 is 0 Å². The number of halogens is 1. The van der Waals surface area contributed by atoms with Gasteiger partial charge in [0.15, 0.2) is 0 Å². The SMILES string of the molecule is COc1ccc(Cl)cc1NCc1ccc(C)o1. The first-order chi connectivity index (χ1) is 8.19. The van der Waals surface area contributed by atoms with E-state index in [0.717, 1.165) is 23.0 Å². The molecule has 0 saturated heterocycles. The van der Waals surface area contributed by atoms with E-state index >= 15 is 0 Å². The Hall–Kier alpha value is -1.61. The van der Waals surface area contributed by atoms with Crippen molar-refractivity contribution in [2.75, 3.05) is 12.4 Å². The summed E-state index contributed by atoms with van der Waals surface area (Å²) in [5, 5.41) is 3.90. The van der Waals surface area contributed by atoms with Gasteiger partial charge in [-0.2, -0.15) is 0 Å². The van der Waals surface area contributed by atoms with Crippen LogP contribution < -0.4 is 10.1 Å². The molecule has 0 amide bonds. The topological polar surface area (TPSA) is 34.4 Å². The van der Waals surface area contributed by atoms with Gasteiger partial charge in [0.05, 0.1) is 19.3 Å². The summed E-state index contributed by atoms with van der Waals surface area (Å²) in [6, 6.07) is 9.34. The molecule has 0 saturated carbocycles. The molecule has 0 radical (unpaired) electrons. The number of benzene rings is 1. The number of furan rings is 1. The third kappa shape index (κ3) is 2.94. The number of ether oxygens (including phenoxy) is 1.